The van der Waals surface area contributed by atoms with Crippen LogP contribution in [0.15, 0.2) is 48.5 Å². The standard InChI is InChI=1S/C22H18FN3O3/c1-13-10-15(22(25)29)4-7-19(13)26-17(6-9-21(27)28)5-8-20(26)14-2-3-16(12-24)18(23)11-14/h2-5,7-8,10-11H,6,9H2,1H3,(H2,25,29)(H,27,28). The summed E-state index contributed by atoms with van der Waals surface area (Å²) in [7, 11) is 0. The third kappa shape index (κ3) is 4.01. The van der Waals surface area contributed by atoms with Crippen LogP contribution in [0.1, 0.15) is 33.6 Å². The maximum Gasteiger partial charge on any atom is 0.303 e. The van der Waals surface area contributed by atoms with Crippen molar-refractivity contribution in [3.05, 3.63) is 76.7 Å². The Labute approximate surface area is 166 Å². The zero-order valence-electron chi connectivity index (χ0n) is 15.6. The third-order valence-electron chi connectivity index (χ3n) is 4.66. The average molecular weight is 391 g/mol. The Balaban J connectivity index is 2.19. The van der Waals surface area contributed by atoms with Crippen molar-refractivity contribution in [2.45, 2.75) is 19.8 Å². The molecule has 3 rings (SSSR count). The van der Waals surface area contributed by atoms with Gasteiger partial charge in [-0.3, -0.25) is 9.59 Å². The predicted octanol–water partition coefficient (Wildman–Crippen LogP) is 3.58. The van der Waals surface area contributed by atoms with E-state index in [1.165, 1.54) is 12.1 Å². The highest BCUT2D eigenvalue weighted by molar-refractivity contribution is 5.93. The highest BCUT2D eigenvalue weighted by Crippen LogP contribution is 2.30. The number of carbonyl (C=O) groups excluding carboxylic acids is 1. The van der Waals surface area contributed by atoms with Crippen molar-refractivity contribution in [1.29, 1.82) is 5.26 Å². The van der Waals surface area contributed by atoms with Crippen molar-refractivity contribution in [2.75, 3.05) is 0 Å². The summed E-state index contributed by atoms with van der Waals surface area (Å²) < 4.78 is 16.0. The van der Waals surface area contributed by atoms with Gasteiger partial charge in [0.1, 0.15) is 11.9 Å². The molecule has 146 valence electrons. The number of aromatic nitrogens is 1. The molecule has 1 heterocycles. The zero-order valence-corrected chi connectivity index (χ0v) is 15.6. The van der Waals surface area contributed by atoms with Crippen molar-refractivity contribution < 1.29 is 19.1 Å². The normalized spacial score (nSPS) is 10.5. The van der Waals surface area contributed by atoms with Crippen molar-refractivity contribution >= 4 is 11.9 Å². The smallest absolute Gasteiger partial charge is 0.303 e. The lowest BCUT2D eigenvalue weighted by atomic mass is 10.1. The van der Waals surface area contributed by atoms with E-state index in [9.17, 15) is 14.0 Å². The van der Waals surface area contributed by atoms with E-state index in [1.54, 1.807) is 42.5 Å². The summed E-state index contributed by atoms with van der Waals surface area (Å²) in [4.78, 5) is 22.5. The van der Waals surface area contributed by atoms with E-state index in [0.29, 0.717) is 16.8 Å². The van der Waals surface area contributed by atoms with Gasteiger partial charge in [-0.05, 0) is 61.4 Å². The second-order valence-corrected chi connectivity index (χ2v) is 6.61. The molecule has 0 saturated heterocycles. The van der Waals surface area contributed by atoms with Gasteiger partial charge >= 0.3 is 5.97 Å². The Morgan fingerprint density at radius 2 is 1.93 bits per heavy atom. The van der Waals surface area contributed by atoms with Gasteiger partial charge in [0.2, 0.25) is 5.91 Å². The number of aryl methyl sites for hydroxylation is 2. The number of halogens is 1. The van der Waals surface area contributed by atoms with E-state index < -0.39 is 17.7 Å². The first kappa shape index (κ1) is 19.8. The molecule has 2 aromatic carbocycles. The van der Waals surface area contributed by atoms with Gasteiger partial charge in [0.15, 0.2) is 0 Å². The van der Waals surface area contributed by atoms with Gasteiger partial charge in [-0.2, -0.15) is 5.26 Å². The molecule has 0 fully saturated rings. The summed E-state index contributed by atoms with van der Waals surface area (Å²) in [5.41, 5.74) is 9.04. The number of carboxylic acids is 1. The zero-order chi connectivity index (χ0) is 21.1. The largest absolute Gasteiger partial charge is 0.481 e. The van der Waals surface area contributed by atoms with E-state index in [1.807, 2.05) is 11.5 Å². The Bertz CT molecular complexity index is 1160. The minimum Gasteiger partial charge on any atom is -0.481 e. The first-order valence-corrected chi connectivity index (χ1v) is 8.85. The maximum atomic E-state index is 14.2. The summed E-state index contributed by atoms with van der Waals surface area (Å²) in [5, 5.41) is 18.0. The molecule has 0 unspecified atom stereocenters. The Hall–Kier alpha value is -3.92. The molecular weight excluding hydrogens is 373 g/mol. The molecule has 29 heavy (non-hydrogen) atoms. The molecule has 0 spiro atoms. The Morgan fingerprint density at radius 1 is 1.17 bits per heavy atom. The monoisotopic (exact) mass is 391 g/mol. The van der Waals surface area contributed by atoms with Gasteiger partial charge in [0.05, 0.1) is 17.7 Å². The van der Waals surface area contributed by atoms with Gasteiger partial charge in [-0.25, -0.2) is 4.39 Å². The van der Waals surface area contributed by atoms with Crippen LogP contribution in [-0.4, -0.2) is 21.6 Å². The summed E-state index contributed by atoms with van der Waals surface area (Å²) >= 11 is 0. The fourth-order valence-electron chi connectivity index (χ4n) is 3.24. The molecular formula is C22H18FN3O3. The van der Waals surface area contributed by atoms with Crippen LogP contribution in [0, 0.1) is 24.1 Å². The van der Waals surface area contributed by atoms with Crippen LogP contribution in [0.25, 0.3) is 16.9 Å². The number of primary amides is 1. The number of nitriles is 1. The molecule has 6 nitrogen and oxygen atoms in total. The number of hydrogen-bond donors (Lipinski definition) is 2. The highest BCUT2D eigenvalue weighted by Gasteiger charge is 2.17. The molecule has 0 aliphatic carbocycles. The van der Waals surface area contributed by atoms with Gasteiger partial charge in [0, 0.05) is 22.5 Å². The Morgan fingerprint density at radius 3 is 2.52 bits per heavy atom. The Kier molecular flexibility index (Phi) is 5.46. The number of nitrogens with two attached hydrogens (primary N) is 1. The van der Waals surface area contributed by atoms with Crippen molar-refractivity contribution in [2.24, 2.45) is 5.73 Å². The summed E-state index contributed by atoms with van der Waals surface area (Å²) in [6.07, 6.45) is 0.203. The number of carbonyl (C=O) groups is 2. The molecule has 0 atom stereocenters. The highest BCUT2D eigenvalue weighted by atomic mass is 19.1. The number of nitrogens with zero attached hydrogens (tertiary/aromatic N) is 2. The van der Waals surface area contributed by atoms with E-state index in [0.717, 1.165) is 16.9 Å². The number of carboxylic acid groups (broad SMARTS) is 1. The number of amides is 1. The molecule has 1 aromatic heterocycles. The fraction of sp³-hybridized carbons (Fsp3) is 0.136. The first-order chi connectivity index (χ1) is 13.8. The number of rotatable bonds is 6. The van der Waals surface area contributed by atoms with Gasteiger partial charge < -0.3 is 15.4 Å². The maximum absolute atomic E-state index is 14.2. The molecule has 0 radical (unpaired) electrons. The SMILES string of the molecule is Cc1cc(C(N)=O)ccc1-n1c(CCC(=O)O)ccc1-c1ccc(C#N)c(F)c1. The van der Waals surface area contributed by atoms with E-state index >= 15 is 0 Å². The summed E-state index contributed by atoms with van der Waals surface area (Å²) in [6, 6.07) is 14.7. The molecule has 0 bridgehead atoms. The predicted molar refractivity (Wildman–Crippen MR) is 105 cm³/mol. The summed E-state index contributed by atoms with van der Waals surface area (Å²) in [6.45, 7) is 1.81. The van der Waals surface area contributed by atoms with Crippen molar-refractivity contribution in [1.82, 2.24) is 4.57 Å². The minimum atomic E-state index is -0.926. The second-order valence-electron chi connectivity index (χ2n) is 6.61. The quantitative estimate of drug-likeness (QED) is 0.669. The molecule has 3 N–H and O–H groups in total. The molecule has 0 aliphatic heterocycles. The van der Waals surface area contributed by atoms with Crippen LogP contribution < -0.4 is 5.73 Å². The summed E-state index contributed by atoms with van der Waals surface area (Å²) in [5.74, 6) is -2.11. The molecule has 1 amide bonds. The molecule has 7 heteroatoms. The topological polar surface area (TPSA) is 109 Å². The van der Waals surface area contributed by atoms with Crippen LogP contribution in [-0.2, 0) is 11.2 Å². The lowest BCUT2D eigenvalue weighted by Crippen LogP contribution is -2.12. The van der Waals surface area contributed by atoms with Crippen LogP contribution in [0.2, 0.25) is 0 Å². The van der Waals surface area contributed by atoms with Gasteiger partial charge in [-0.15, -0.1) is 0 Å². The number of hydrogen-bond acceptors (Lipinski definition) is 3. The lowest BCUT2D eigenvalue weighted by molar-refractivity contribution is -0.136. The van der Waals surface area contributed by atoms with E-state index in [-0.39, 0.29) is 18.4 Å². The van der Waals surface area contributed by atoms with Crippen LogP contribution in [0.4, 0.5) is 4.39 Å². The fourth-order valence-corrected chi connectivity index (χ4v) is 3.24. The number of aliphatic carboxylic acids is 1. The lowest BCUT2D eigenvalue weighted by Gasteiger charge is -2.17. The van der Waals surface area contributed by atoms with E-state index in [4.69, 9.17) is 16.1 Å². The van der Waals surface area contributed by atoms with Gasteiger partial charge in [-0.1, -0.05) is 6.07 Å². The van der Waals surface area contributed by atoms with Gasteiger partial charge in [0.25, 0.3) is 0 Å². The third-order valence-corrected chi connectivity index (χ3v) is 4.66. The minimum absolute atomic E-state index is 0.0556. The molecule has 3 aromatic rings. The van der Waals surface area contributed by atoms with Crippen LogP contribution >= 0.6 is 0 Å². The van der Waals surface area contributed by atoms with Crippen molar-refractivity contribution in [3.63, 3.8) is 0 Å². The van der Waals surface area contributed by atoms with Crippen LogP contribution in [0.5, 0.6) is 0 Å². The first-order valence-electron chi connectivity index (χ1n) is 8.85. The number of benzene rings is 2. The van der Waals surface area contributed by atoms with Crippen molar-refractivity contribution in [3.8, 4) is 23.0 Å². The average Bonchev–Trinajstić information content (AvgIpc) is 3.09. The molecule has 0 saturated carbocycles. The molecule has 0 aliphatic rings. The second kappa shape index (κ2) is 7.98. The van der Waals surface area contributed by atoms with E-state index in [2.05, 4.69) is 0 Å². The van der Waals surface area contributed by atoms with Crippen LogP contribution in [0.3, 0.4) is 0 Å².